The van der Waals surface area contributed by atoms with Gasteiger partial charge in [-0.15, -0.1) is 0 Å². The van der Waals surface area contributed by atoms with Gasteiger partial charge in [-0.25, -0.2) is 9.78 Å². The molecule has 0 aliphatic carbocycles. The fourth-order valence-corrected chi connectivity index (χ4v) is 2.12. The Morgan fingerprint density at radius 2 is 2.11 bits per heavy atom. The molecule has 0 aliphatic rings. The Kier molecular flexibility index (Phi) is 3.78. The van der Waals surface area contributed by atoms with Gasteiger partial charge in [0.1, 0.15) is 5.52 Å². The minimum atomic E-state index is -2.52. The Balaban J connectivity index is 2.64. The second-order valence-electron chi connectivity index (χ2n) is 3.79. The van der Waals surface area contributed by atoms with E-state index >= 15 is 0 Å². The van der Waals surface area contributed by atoms with Crippen LogP contribution in [0.15, 0.2) is 18.2 Å². The third kappa shape index (κ3) is 2.72. The van der Waals surface area contributed by atoms with E-state index in [1.54, 1.807) is 19.1 Å². The van der Waals surface area contributed by atoms with Gasteiger partial charge >= 0.3 is 12.3 Å². The van der Waals surface area contributed by atoms with E-state index in [2.05, 4.69) is 4.98 Å². The SMILES string of the molecule is Cc1ccc2c(Cl)cc(Cl)c(OC(F)C(=O)O)c2n1. The van der Waals surface area contributed by atoms with Gasteiger partial charge < -0.3 is 9.84 Å². The Labute approximate surface area is 117 Å². The van der Waals surface area contributed by atoms with Gasteiger partial charge in [0.15, 0.2) is 5.75 Å². The van der Waals surface area contributed by atoms with Gasteiger partial charge in [-0.05, 0) is 25.1 Å². The Morgan fingerprint density at radius 3 is 2.74 bits per heavy atom. The topological polar surface area (TPSA) is 59.4 Å². The molecule has 0 amide bonds. The van der Waals surface area contributed by atoms with Crippen LogP contribution in [0.1, 0.15) is 5.69 Å². The summed E-state index contributed by atoms with van der Waals surface area (Å²) in [5, 5.41) is 9.35. The summed E-state index contributed by atoms with van der Waals surface area (Å²) in [6.45, 7) is 1.72. The quantitative estimate of drug-likeness (QED) is 0.941. The lowest BCUT2D eigenvalue weighted by Gasteiger charge is -2.12. The van der Waals surface area contributed by atoms with Crippen molar-refractivity contribution in [1.29, 1.82) is 0 Å². The third-order valence-corrected chi connectivity index (χ3v) is 2.99. The summed E-state index contributed by atoms with van der Waals surface area (Å²) in [6.07, 6.45) is -2.52. The summed E-state index contributed by atoms with van der Waals surface area (Å²) >= 11 is 11.9. The van der Waals surface area contributed by atoms with Crippen molar-refractivity contribution >= 4 is 40.1 Å². The number of aromatic nitrogens is 1. The molecule has 1 N–H and O–H groups in total. The molecule has 0 spiro atoms. The fourth-order valence-electron chi connectivity index (χ4n) is 1.56. The predicted octanol–water partition coefficient (Wildman–Crippen LogP) is 3.61. The van der Waals surface area contributed by atoms with Crippen LogP contribution in [0.2, 0.25) is 10.0 Å². The van der Waals surface area contributed by atoms with Crippen LogP contribution in [0.25, 0.3) is 10.9 Å². The van der Waals surface area contributed by atoms with Gasteiger partial charge in [0.2, 0.25) is 0 Å². The zero-order valence-electron chi connectivity index (χ0n) is 9.65. The largest absolute Gasteiger partial charge is 0.476 e. The highest BCUT2D eigenvalue weighted by Gasteiger charge is 2.22. The lowest BCUT2D eigenvalue weighted by molar-refractivity contribution is -0.153. The third-order valence-electron chi connectivity index (χ3n) is 2.39. The first-order valence-corrected chi connectivity index (χ1v) is 5.94. The first-order valence-electron chi connectivity index (χ1n) is 5.19. The van der Waals surface area contributed by atoms with Crippen LogP contribution in [0.3, 0.4) is 0 Å². The molecule has 2 aromatic rings. The van der Waals surface area contributed by atoms with Crippen LogP contribution in [-0.2, 0) is 4.79 Å². The van der Waals surface area contributed by atoms with Crippen molar-refractivity contribution in [3.8, 4) is 5.75 Å². The number of alkyl halides is 1. The molecule has 1 aromatic carbocycles. The average Bonchev–Trinajstić information content (AvgIpc) is 2.33. The van der Waals surface area contributed by atoms with Gasteiger partial charge in [-0.2, -0.15) is 4.39 Å². The van der Waals surface area contributed by atoms with Crippen LogP contribution < -0.4 is 4.74 Å². The molecule has 4 nitrogen and oxygen atoms in total. The van der Waals surface area contributed by atoms with E-state index in [1.807, 2.05) is 0 Å². The second kappa shape index (κ2) is 5.19. The Bertz CT molecular complexity index is 663. The lowest BCUT2D eigenvalue weighted by Crippen LogP contribution is -2.21. The number of benzene rings is 1. The Morgan fingerprint density at radius 1 is 1.42 bits per heavy atom. The van der Waals surface area contributed by atoms with Crippen LogP contribution >= 0.6 is 23.2 Å². The normalized spacial score (nSPS) is 12.4. The van der Waals surface area contributed by atoms with Crippen molar-refractivity contribution in [2.75, 3.05) is 0 Å². The highest BCUT2D eigenvalue weighted by Crippen LogP contribution is 2.37. The summed E-state index contributed by atoms with van der Waals surface area (Å²) in [7, 11) is 0. The van der Waals surface area contributed by atoms with Gasteiger partial charge in [0.25, 0.3) is 0 Å². The van der Waals surface area contributed by atoms with Crippen LogP contribution in [-0.4, -0.2) is 22.4 Å². The molecule has 1 aromatic heterocycles. The zero-order chi connectivity index (χ0) is 14.2. The number of fused-ring (bicyclic) bond motifs is 1. The molecule has 0 saturated carbocycles. The van der Waals surface area contributed by atoms with Crippen molar-refractivity contribution in [2.45, 2.75) is 13.3 Å². The van der Waals surface area contributed by atoms with Gasteiger partial charge in [0, 0.05) is 11.1 Å². The molecular weight excluding hydrogens is 296 g/mol. The molecular formula is C12H8Cl2FNO3. The first kappa shape index (κ1) is 13.8. The number of aryl methyl sites for hydroxylation is 1. The van der Waals surface area contributed by atoms with Crippen molar-refractivity contribution in [3.05, 3.63) is 33.9 Å². The molecule has 1 unspecified atom stereocenters. The molecule has 1 heterocycles. The van der Waals surface area contributed by atoms with Crippen LogP contribution in [0.5, 0.6) is 5.75 Å². The molecule has 0 aliphatic heterocycles. The Hall–Kier alpha value is -1.59. The standard InChI is InChI=1S/C12H8Cl2FNO3/c1-5-2-3-6-7(13)4-8(14)10(9(6)16-5)19-11(15)12(17)18/h2-4,11H,1H3,(H,17,18). The molecule has 100 valence electrons. The molecule has 7 heteroatoms. The molecule has 1 atom stereocenters. The predicted molar refractivity (Wildman–Crippen MR) is 69.7 cm³/mol. The molecule has 0 bridgehead atoms. The van der Waals surface area contributed by atoms with Gasteiger partial charge in [-0.1, -0.05) is 23.2 Å². The zero-order valence-corrected chi connectivity index (χ0v) is 11.2. The van der Waals surface area contributed by atoms with E-state index < -0.39 is 12.3 Å². The summed E-state index contributed by atoms with van der Waals surface area (Å²) in [4.78, 5) is 14.7. The molecule has 0 saturated heterocycles. The minimum absolute atomic E-state index is 0.000463. The monoisotopic (exact) mass is 303 g/mol. The van der Waals surface area contributed by atoms with Gasteiger partial charge in [-0.3, -0.25) is 0 Å². The number of hydrogen-bond acceptors (Lipinski definition) is 3. The van der Waals surface area contributed by atoms with Crippen molar-refractivity contribution in [3.63, 3.8) is 0 Å². The number of nitrogens with zero attached hydrogens (tertiary/aromatic N) is 1. The number of aliphatic carboxylic acids is 1. The van der Waals surface area contributed by atoms with Crippen LogP contribution in [0.4, 0.5) is 4.39 Å². The number of carboxylic acid groups (broad SMARTS) is 1. The van der Waals surface area contributed by atoms with E-state index in [4.69, 9.17) is 33.0 Å². The fraction of sp³-hybridized carbons (Fsp3) is 0.167. The smallest absolute Gasteiger partial charge is 0.378 e. The maximum atomic E-state index is 13.2. The average molecular weight is 304 g/mol. The summed E-state index contributed by atoms with van der Waals surface area (Å²) in [6, 6.07) is 4.75. The molecule has 0 radical (unpaired) electrons. The lowest BCUT2D eigenvalue weighted by atomic mass is 10.2. The van der Waals surface area contributed by atoms with E-state index in [1.165, 1.54) is 6.07 Å². The number of carboxylic acids is 1. The number of pyridine rings is 1. The van der Waals surface area contributed by atoms with E-state index in [9.17, 15) is 9.18 Å². The summed E-state index contributed by atoms with van der Waals surface area (Å²) in [5.74, 6) is -1.88. The van der Waals surface area contributed by atoms with Gasteiger partial charge in [0.05, 0.1) is 10.0 Å². The highest BCUT2D eigenvalue weighted by atomic mass is 35.5. The second-order valence-corrected chi connectivity index (χ2v) is 4.60. The number of carbonyl (C=O) groups is 1. The van der Waals surface area contributed by atoms with Crippen LogP contribution in [0, 0.1) is 6.92 Å². The van der Waals surface area contributed by atoms with E-state index in [0.717, 1.165) is 0 Å². The molecule has 0 fully saturated rings. The van der Waals surface area contributed by atoms with E-state index in [0.29, 0.717) is 16.1 Å². The van der Waals surface area contributed by atoms with E-state index in [-0.39, 0.29) is 16.3 Å². The minimum Gasteiger partial charge on any atom is -0.476 e. The molecule has 2 rings (SSSR count). The summed E-state index contributed by atoms with van der Waals surface area (Å²) in [5.41, 5.74) is 0.864. The number of halogens is 3. The number of rotatable bonds is 3. The molecule has 19 heavy (non-hydrogen) atoms. The first-order chi connectivity index (χ1) is 8.90. The highest BCUT2D eigenvalue weighted by molar-refractivity contribution is 6.39. The number of ether oxygens (including phenoxy) is 1. The number of hydrogen-bond donors (Lipinski definition) is 1. The maximum Gasteiger partial charge on any atom is 0.378 e. The maximum absolute atomic E-state index is 13.2. The van der Waals surface area contributed by atoms with Crippen molar-refractivity contribution in [1.82, 2.24) is 4.98 Å². The van der Waals surface area contributed by atoms with Crippen molar-refractivity contribution in [2.24, 2.45) is 0 Å². The van der Waals surface area contributed by atoms with Crippen molar-refractivity contribution < 1.29 is 19.0 Å². The summed E-state index contributed by atoms with van der Waals surface area (Å²) < 4.78 is 17.9.